The third-order valence-electron chi connectivity index (χ3n) is 5.20. The van der Waals surface area contributed by atoms with E-state index in [2.05, 4.69) is 32.0 Å². The molecule has 2 N–H and O–H groups in total. The third-order valence-corrected chi connectivity index (χ3v) is 5.83. The lowest BCUT2D eigenvalue weighted by molar-refractivity contribution is -0.137. The summed E-state index contributed by atoms with van der Waals surface area (Å²) in [5.74, 6) is 0.777. The number of rotatable bonds is 5. The second-order valence-electron chi connectivity index (χ2n) is 7.41. The van der Waals surface area contributed by atoms with E-state index in [-0.39, 0.29) is 12.4 Å². The van der Waals surface area contributed by atoms with E-state index < -0.39 is 11.7 Å². The molecule has 2 aromatic carbocycles. The quantitative estimate of drug-likeness (QED) is 0.394. The van der Waals surface area contributed by atoms with Gasteiger partial charge in [-0.05, 0) is 53.2 Å². The number of allylic oxidation sites excluding steroid dienone is 3. The van der Waals surface area contributed by atoms with E-state index in [0.29, 0.717) is 40.4 Å². The molecule has 0 amide bonds. The number of aromatic amines is 1. The predicted octanol–water partition coefficient (Wildman–Crippen LogP) is 6.74. The Hall–Kier alpha value is -3.51. The number of imidazole rings is 1. The van der Waals surface area contributed by atoms with Crippen molar-refractivity contribution in [1.29, 1.82) is 5.26 Å². The number of halogens is 4. The molecule has 0 fully saturated rings. The van der Waals surface area contributed by atoms with Crippen LogP contribution in [0.15, 0.2) is 70.4 Å². The lowest BCUT2D eigenvalue weighted by Gasteiger charge is -2.15. The van der Waals surface area contributed by atoms with Gasteiger partial charge < -0.3 is 14.8 Å². The van der Waals surface area contributed by atoms with Crippen molar-refractivity contribution in [2.75, 3.05) is 6.61 Å². The summed E-state index contributed by atoms with van der Waals surface area (Å²) >= 11 is 3.41. The summed E-state index contributed by atoms with van der Waals surface area (Å²) in [6.45, 7) is 0.237. The van der Waals surface area contributed by atoms with Crippen LogP contribution in [-0.2, 0) is 6.18 Å². The van der Waals surface area contributed by atoms with E-state index >= 15 is 0 Å². The second kappa shape index (κ2) is 9.16. The minimum atomic E-state index is -4.40. The Morgan fingerprint density at radius 3 is 2.58 bits per heavy atom. The minimum absolute atomic E-state index is 0.0455. The van der Waals surface area contributed by atoms with Gasteiger partial charge in [0.2, 0.25) is 0 Å². The van der Waals surface area contributed by atoms with Crippen LogP contribution in [0.25, 0.3) is 22.6 Å². The van der Waals surface area contributed by atoms with Crippen LogP contribution in [0.1, 0.15) is 18.4 Å². The molecular weight excluding hydrogens is 499 g/mol. The number of nitrogens with one attached hydrogen (secondary N) is 1. The van der Waals surface area contributed by atoms with Crippen LogP contribution in [0.5, 0.6) is 11.5 Å². The first kappa shape index (κ1) is 22.7. The second-order valence-corrected chi connectivity index (χ2v) is 8.43. The Morgan fingerprint density at radius 1 is 1.15 bits per heavy atom. The van der Waals surface area contributed by atoms with Gasteiger partial charge in [-0.3, -0.25) is 0 Å². The van der Waals surface area contributed by atoms with E-state index in [0.717, 1.165) is 28.6 Å². The molecule has 0 aliphatic heterocycles. The molecule has 0 bridgehead atoms. The molecule has 0 radical (unpaired) electrons. The molecule has 3 aromatic rings. The normalized spacial score (nSPS) is 14.1. The van der Waals surface area contributed by atoms with Gasteiger partial charge in [0, 0.05) is 17.2 Å². The molecule has 1 aliphatic rings. The summed E-state index contributed by atoms with van der Waals surface area (Å²) in [6.07, 6.45) is 0.397. The van der Waals surface area contributed by atoms with Gasteiger partial charge in [-0.2, -0.15) is 18.4 Å². The minimum Gasteiger partial charge on any atom is -0.507 e. The van der Waals surface area contributed by atoms with Crippen LogP contribution in [0.2, 0.25) is 0 Å². The number of ether oxygens (including phenoxy) is 1. The molecule has 0 saturated carbocycles. The average molecular weight is 516 g/mol. The number of nitriles is 1. The average Bonchev–Trinajstić information content (AvgIpc) is 3.27. The first-order valence-corrected chi connectivity index (χ1v) is 10.7. The maximum absolute atomic E-state index is 12.8. The Balaban J connectivity index is 1.49. The van der Waals surface area contributed by atoms with Crippen molar-refractivity contribution in [3.05, 3.63) is 75.9 Å². The number of phenols is 1. The summed E-state index contributed by atoms with van der Waals surface area (Å²) < 4.78 is 45.0. The fourth-order valence-electron chi connectivity index (χ4n) is 3.42. The predicted molar refractivity (Wildman–Crippen MR) is 121 cm³/mol. The van der Waals surface area contributed by atoms with Crippen LogP contribution in [0.3, 0.4) is 0 Å². The Morgan fingerprint density at radius 2 is 1.91 bits per heavy atom. The smallest absolute Gasteiger partial charge is 0.416 e. The van der Waals surface area contributed by atoms with Crippen molar-refractivity contribution < 1.29 is 23.0 Å². The van der Waals surface area contributed by atoms with Crippen molar-refractivity contribution in [2.45, 2.75) is 19.0 Å². The number of benzene rings is 2. The van der Waals surface area contributed by atoms with E-state index in [1.54, 1.807) is 18.2 Å². The number of phenolic OH excluding ortho intramolecular Hbond substituents is 1. The van der Waals surface area contributed by atoms with Gasteiger partial charge >= 0.3 is 6.18 Å². The topological polar surface area (TPSA) is 81.9 Å². The zero-order valence-electron chi connectivity index (χ0n) is 17.1. The lowest BCUT2D eigenvalue weighted by Crippen LogP contribution is -2.06. The molecule has 5 nitrogen and oxygen atoms in total. The molecule has 0 atom stereocenters. The number of alkyl halides is 3. The van der Waals surface area contributed by atoms with Crippen LogP contribution in [0.4, 0.5) is 13.2 Å². The lowest BCUT2D eigenvalue weighted by atomic mass is 9.99. The number of H-pyrrole nitrogens is 1. The molecular formula is C24H17BrF3N3O2. The molecule has 168 valence electrons. The molecule has 0 unspecified atom stereocenters. The molecule has 0 saturated heterocycles. The van der Waals surface area contributed by atoms with Crippen molar-refractivity contribution in [2.24, 2.45) is 0 Å². The summed E-state index contributed by atoms with van der Waals surface area (Å²) in [6, 6.07) is 11.6. The Bertz CT molecular complexity index is 1290. The monoisotopic (exact) mass is 515 g/mol. The highest BCUT2D eigenvalue weighted by atomic mass is 79.9. The van der Waals surface area contributed by atoms with Crippen molar-refractivity contribution in [1.82, 2.24) is 9.97 Å². The highest BCUT2D eigenvalue weighted by molar-refractivity contribution is 9.11. The van der Waals surface area contributed by atoms with Gasteiger partial charge in [-0.25, -0.2) is 4.98 Å². The highest BCUT2D eigenvalue weighted by Gasteiger charge is 2.30. The largest absolute Gasteiger partial charge is 0.507 e. The number of hydrogen-bond acceptors (Lipinski definition) is 4. The highest BCUT2D eigenvalue weighted by Crippen LogP contribution is 2.34. The van der Waals surface area contributed by atoms with Crippen LogP contribution >= 0.6 is 15.9 Å². The summed E-state index contributed by atoms with van der Waals surface area (Å²) in [4.78, 5) is 7.23. The van der Waals surface area contributed by atoms with Crippen molar-refractivity contribution in [3.63, 3.8) is 0 Å². The first-order chi connectivity index (χ1) is 15.7. The van der Waals surface area contributed by atoms with Crippen LogP contribution in [-0.4, -0.2) is 21.7 Å². The maximum atomic E-state index is 12.8. The summed E-state index contributed by atoms with van der Waals surface area (Å²) in [7, 11) is 0. The zero-order chi connectivity index (χ0) is 23.6. The fourth-order valence-corrected chi connectivity index (χ4v) is 3.85. The van der Waals surface area contributed by atoms with Gasteiger partial charge in [0.1, 0.15) is 23.9 Å². The van der Waals surface area contributed by atoms with Gasteiger partial charge in [0.25, 0.3) is 0 Å². The molecule has 1 aliphatic carbocycles. The van der Waals surface area contributed by atoms with Gasteiger partial charge in [0.05, 0.1) is 29.1 Å². The van der Waals surface area contributed by atoms with Gasteiger partial charge in [-0.1, -0.05) is 28.1 Å². The van der Waals surface area contributed by atoms with Crippen LogP contribution in [0, 0.1) is 11.3 Å². The van der Waals surface area contributed by atoms with E-state index in [9.17, 15) is 23.5 Å². The standard InChI is InChI=1S/C24H17BrF3N3O2/c25-18-6-3-15(16(9-18)11-29)13-33-19-7-8-20(22(32)10-19)21-12-30-23(31-21)14-1-4-17(5-2-14)24(26,27)28/h1-2,4-5,7-10,12,32H,3,6,13H2,(H,30,31). The summed E-state index contributed by atoms with van der Waals surface area (Å²) in [5, 5.41) is 19.8. The first-order valence-electron chi connectivity index (χ1n) is 9.91. The molecule has 0 spiro atoms. The Labute approximate surface area is 196 Å². The number of nitrogens with zero attached hydrogens (tertiary/aromatic N) is 2. The van der Waals surface area contributed by atoms with E-state index in [4.69, 9.17) is 4.74 Å². The molecule has 4 rings (SSSR count). The Kier molecular flexibility index (Phi) is 6.29. The molecule has 9 heteroatoms. The zero-order valence-corrected chi connectivity index (χ0v) is 18.7. The third kappa shape index (κ3) is 5.12. The number of aromatic hydroxyl groups is 1. The van der Waals surface area contributed by atoms with Crippen molar-refractivity contribution >= 4 is 15.9 Å². The van der Waals surface area contributed by atoms with E-state index in [1.165, 1.54) is 24.4 Å². The molecule has 1 aromatic heterocycles. The number of hydrogen-bond donors (Lipinski definition) is 2. The van der Waals surface area contributed by atoms with Gasteiger partial charge in [0.15, 0.2) is 0 Å². The van der Waals surface area contributed by atoms with Crippen molar-refractivity contribution in [3.8, 4) is 40.2 Å². The molecule has 33 heavy (non-hydrogen) atoms. The maximum Gasteiger partial charge on any atom is 0.416 e. The SMILES string of the molecule is N#CC1=C(COc2ccc(-c3cnc(-c4ccc(C(F)(F)F)cc4)[nH]3)c(O)c2)CCC(Br)=C1. The van der Waals surface area contributed by atoms with E-state index in [1.807, 2.05) is 0 Å². The van der Waals surface area contributed by atoms with Gasteiger partial charge in [-0.15, -0.1) is 0 Å². The summed E-state index contributed by atoms with van der Waals surface area (Å²) in [5.41, 5.74) is 2.19. The molecule has 1 heterocycles. The fraction of sp³-hybridized carbons (Fsp3) is 0.167. The number of aromatic nitrogens is 2. The van der Waals surface area contributed by atoms with Crippen LogP contribution < -0.4 is 4.74 Å².